The molecular formula is C15H15ClFN3O3. The van der Waals surface area contributed by atoms with Crippen LogP contribution in [0.4, 0.5) is 10.1 Å². The van der Waals surface area contributed by atoms with Crippen molar-refractivity contribution in [2.75, 3.05) is 6.54 Å². The maximum Gasteiger partial charge on any atom is 0.285 e. The molecule has 1 aromatic heterocycles. The molecule has 1 unspecified atom stereocenters. The summed E-state index contributed by atoms with van der Waals surface area (Å²) in [6, 6.07) is 6.69. The molecule has 1 heterocycles. The van der Waals surface area contributed by atoms with Gasteiger partial charge in [-0.25, -0.2) is 4.39 Å². The minimum Gasteiger partial charge on any atom is -0.308 e. The van der Waals surface area contributed by atoms with Crippen LogP contribution >= 0.6 is 11.6 Å². The van der Waals surface area contributed by atoms with Crippen molar-refractivity contribution >= 4 is 17.3 Å². The van der Waals surface area contributed by atoms with E-state index in [-0.39, 0.29) is 28.9 Å². The molecule has 0 amide bonds. The van der Waals surface area contributed by atoms with E-state index < -0.39 is 10.7 Å². The summed E-state index contributed by atoms with van der Waals surface area (Å²) >= 11 is 5.74. The van der Waals surface area contributed by atoms with E-state index in [9.17, 15) is 19.3 Å². The lowest BCUT2D eigenvalue weighted by molar-refractivity contribution is -0.385. The Hall–Kier alpha value is -2.25. The molecule has 6 nitrogen and oxygen atoms in total. The van der Waals surface area contributed by atoms with E-state index in [0.29, 0.717) is 6.54 Å². The van der Waals surface area contributed by atoms with E-state index in [2.05, 4.69) is 5.32 Å². The first-order chi connectivity index (χ1) is 10.9. The average molecular weight is 340 g/mol. The maximum atomic E-state index is 13.1. The van der Waals surface area contributed by atoms with Crippen molar-refractivity contribution in [2.24, 2.45) is 0 Å². The zero-order valence-electron chi connectivity index (χ0n) is 12.3. The molecule has 0 spiro atoms. The number of nitrogens with one attached hydrogen (secondary N) is 1. The lowest BCUT2D eigenvalue weighted by Gasteiger charge is -2.15. The third-order valence-electron chi connectivity index (χ3n) is 3.43. The second-order valence-corrected chi connectivity index (χ2v) is 5.43. The van der Waals surface area contributed by atoms with Crippen LogP contribution in [-0.2, 0) is 6.54 Å². The number of pyridine rings is 1. The molecule has 0 fully saturated rings. The van der Waals surface area contributed by atoms with Crippen molar-refractivity contribution in [3.8, 4) is 0 Å². The molecule has 1 aromatic carbocycles. The molecule has 2 rings (SSSR count). The highest BCUT2D eigenvalue weighted by Crippen LogP contribution is 2.20. The van der Waals surface area contributed by atoms with Gasteiger partial charge in [-0.15, -0.1) is 0 Å². The molecular weight excluding hydrogens is 325 g/mol. The monoisotopic (exact) mass is 339 g/mol. The molecule has 0 saturated carbocycles. The second-order valence-electron chi connectivity index (χ2n) is 5.03. The third kappa shape index (κ3) is 4.37. The SMILES string of the molecule is CC(NCCn1cc([N+](=O)[O-])ccc1=O)c1ccc(F)c(Cl)c1. The third-order valence-corrected chi connectivity index (χ3v) is 3.72. The van der Waals surface area contributed by atoms with Crippen molar-refractivity contribution in [2.45, 2.75) is 19.5 Å². The Bertz CT molecular complexity index is 779. The maximum absolute atomic E-state index is 13.1. The molecule has 23 heavy (non-hydrogen) atoms. The minimum absolute atomic E-state index is 0.0473. The first-order valence-corrected chi connectivity index (χ1v) is 7.29. The molecule has 0 bridgehead atoms. The smallest absolute Gasteiger partial charge is 0.285 e. The van der Waals surface area contributed by atoms with Gasteiger partial charge in [-0.2, -0.15) is 0 Å². The number of rotatable bonds is 6. The minimum atomic E-state index is -0.549. The van der Waals surface area contributed by atoms with Gasteiger partial charge in [-0.05, 0) is 24.6 Å². The zero-order chi connectivity index (χ0) is 17.0. The number of hydrogen-bond acceptors (Lipinski definition) is 4. The number of halogens is 2. The highest BCUT2D eigenvalue weighted by Gasteiger charge is 2.10. The Morgan fingerprint density at radius 1 is 1.39 bits per heavy atom. The van der Waals surface area contributed by atoms with Gasteiger partial charge in [0.1, 0.15) is 5.82 Å². The molecule has 0 aliphatic rings. The largest absolute Gasteiger partial charge is 0.308 e. The van der Waals surface area contributed by atoms with E-state index in [4.69, 9.17) is 11.6 Å². The molecule has 8 heteroatoms. The summed E-state index contributed by atoms with van der Waals surface area (Å²) in [6.45, 7) is 2.57. The number of benzene rings is 1. The molecule has 0 radical (unpaired) electrons. The van der Waals surface area contributed by atoms with Crippen molar-refractivity contribution in [1.82, 2.24) is 9.88 Å². The first kappa shape index (κ1) is 17.1. The number of nitro groups is 1. The van der Waals surface area contributed by atoms with E-state index in [0.717, 1.165) is 5.56 Å². The fourth-order valence-electron chi connectivity index (χ4n) is 2.10. The molecule has 2 aromatic rings. The van der Waals surface area contributed by atoms with Crippen molar-refractivity contribution < 1.29 is 9.31 Å². The van der Waals surface area contributed by atoms with Gasteiger partial charge >= 0.3 is 0 Å². The van der Waals surface area contributed by atoms with Crippen LogP contribution in [0.3, 0.4) is 0 Å². The molecule has 0 aliphatic carbocycles. The number of aromatic nitrogens is 1. The van der Waals surface area contributed by atoms with Crippen molar-refractivity contribution in [3.05, 3.63) is 73.4 Å². The topological polar surface area (TPSA) is 77.2 Å². The van der Waals surface area contributed by atoms with Gasteiger partial charge in [-0.3, -0.25) is 14.9 Å². The molecule has 0 saturated heterocycles. The van der Waals surface area contributed by atoms with E-state index in [1.54, 1.807) is 6.07 Å². The van der Waals surface area contributed by atoms with Gasteiger partial charge in [0.05, 0.1) is 16.1 Å². The van der Waals surface area contributed by atoms with Crippen LogP contribution in [0.15, 0.2) is 41.3 Å². The summed E-state index contributed by atoms with van der Waals surface area (Å²) in [5, 5.41) is 13.9. The normalized spacial score (nSPS) is 12.1. The zero-order valence-corrected chi connectivity index (χ0v) is 13.1. The van der Waals surface area contributed by atoms with E-state index >= 15 is 0 Å². The number of nitrogens with zero attached hydrogens (tertiary/aromatic N) is 2. The fourth-order valence-corrected chi connectivity index (χ4v) is 2.29. The van der Waals surface area contributed by atoms with Crippen LogP contribution in [0.5, 0.6) is 0 Å². The Balaban J connectivity index is 1.99. The van der Waals surface area contributed by atoms with Crippen molar-refractivity contribution in [1.29, 1.82) is 0 Å². The summed E-state index contributed by atoms with van der Waals surface area (Å²) < 4.78 is 14.4. The highest BCUT2D eigenvalue weighted by atomic mass is 35.5. The van der Waals surface area contributed by atoms with Gasteiger partial charge in [0, 0.05) is 31.3 Å². The fraction of sp³-hybridized carbons (Fsp3) is 0.267. The molecule has 1 N–H and O–H groups in total. The van der Waals surface area contributed by atoms with Crippen LogP contribution in [0.25, 0.3) is 0 Å². The summed E-state index contributed by atoms with van der Waals surface area (Å²) in [5.41, 5.74) is 0.362. The summed E-state index contributed by atoms with van der Waals surface area (Å²) in [6.07, 6.45) is 1.21. The predicted molar refractivity (Wildman–Crippen MR) is 85.2 cm³/mol. The van der Waals surface area contributed by atoms with E-state index in [1.165, 1.54) is 35.0 Å². The summed E-state index contributed by atoms with van der Waals surface area (Å²) in [5.74, 6) is -0.481. The highest BCUT2D eigenvalue weighted by molar-refractivity contribution is 6.30. The lowest BCUT2D eigenvalue weighted by Crippen LogP contribution is -2.28. The molecule has 0 aliphatic heterocycles. The van der Waals surface area contributed by atoms with Crippen LogP contribution in [-0.4, -0.2) is 16.0 Å². The van der Waals surface area contributed by atoms with Crippen LogP contribution in [0.2, 0.25) is 5.02 Å². The second kappa shape index (κ2) is 7.34. The van der Waals surface area contributed by atoms with Gasteiger partial charge in [0.15, 0.2) is 0 Å². The number of hydrogen-bond donors (Lipinski definition) is 1. The van der Waals surface area contributed by atoms with E-state index in [1.807, 2.05) is 6.92 Å². The van der Waals surface area contributed by atoms with Gasteiger partial charge < -0.3 is 9.88 Å². The quantitative estimate of drug-likeness (QED) is 0.648. The van der Waals surface area contributed by atoms with Crippen molar-refractivity contribution in [3.63, 3.8) is 0 Å². The Labute approximate surface area is 136 Å². The van der Waals surface area contributed by atoms with Gasteiger partial charge in [0.25, 0.3) is 11.2 Å². The van der Waals surface area contributed by atoms with Crippen LogP contribution in [0.1, 0.15) is 18.5 Å². The lowest BCUT2D eigenvalue weighted by atomic mass is 10.1. The summed E-state index contributed by atoms with van der Waals surface area (Å²) in [7, 11) is 0. The standard InChI is InChI=1S/C15H15ClFN3O3/c1-10(11-2-4-14(17)13(16)8-11)18-6-7-19-9-12(20(22)23)3-5-15(19)21/h2-5,8-10,18H,6-7H2,1H3. The van der Waals surface area contributed by atoms with Gasteiger partial charge in [0.2, 0.25) is 0 Å². The predicted octanol–water partition coefficient (Wildman–Crippen LogP) is 2.90. The Morgan fingerprint density at radius 2 is 2.13 bits per heavy atom. The van der Waals surface area contributed by atoms with Crippen LogP contribution in [0, 0.1) is 15.9 Å². The average Bonchev–Trinajstić information content (AvgIpc) is 2.51. The Morgan fingerprint density at radius 3 is 2.78 bits per heavy atom. The van der Waals surface area contributed by atoms with Crippen LogP contribution < -0.4 is 10.9 Å². The first-order valence-electron chi connectivity index (χ1n) is 6.91. The Kier molecular flexibility index (Phi) is 5.46. The molecule has 122 valence electrons. The summed E-state index contributed by atoms with van der Waals surface area (Å²) in [4.78, 5) is 21.8. The molecule has 1 atom stereocenters. The van der Waals surface area contributed by atoms with Gasteiger partial charge in [-0.1, -0.05) is 17.7 Å².